The summed E-state index contributed by atoms with van der Waals surface area (Å²) in [6, 6.07) is 12.2. The Morgan fingerprint density at radius 2 is 1.86 bits per heavy atom. The number of nitrogens with zero attached hydrogens (tertiary/aromatic N) is 7. The number of nitrogens with one attached hydrogen (secondary N) is 1. The molecule has 0 spiro atoms. The van der Waals surface area contributed by atoms with Gasteiger partial charge in [-0.15, -0.1) is 0 Å². The Labute approximate surface area is 261 Å². The van der Waals surface area contributed by atoms with Crippen molar-refractivity contribution in [3.8, 4) is 11.1 Å². The van der Waals surface area contributed by atoms with Crippen LogP contribution in [0.15, 0.2) is 59.5 Å². The Bertz CT molecular complexity index is 1960. The highest BCUT2D eigenvalue weighted by Crippen LogP contribution is 2.39. The monoisotopic (exact) mass is 654 g/mol. The van der Waals surface area contributed by atoms with Gasteiger partial charge in [-0.25, -0.2) is 14.5 Å². The van der Waals surface area contributed by atoms with Gasteiger partial charge in [0, 0.05) is 48.3 Å². The number of carbonyl (C=O) groups excluding carboxylic acids is 3. The van der Waals surface area contributed by atoms with Gasteiger partial charge in [-0.1, -0.05) is 19.1 Å². The van der Waals surface area contributed by atoms with Crippen molar-refractivity contribution >= 4 is 55.9 Å². The van der Waals surface area contributed by atoms with E-state index in [1.165, 1.54) is 19.8 Å². The van der Waals surface area contributed by atoms with Gasteiger partial charge in [-0.05, 0) is 77.9 Å². The van der Waals surface area contributed by atoms with Crippen molar-refractivity contribution in [3.63, 3.8) is 0 Å². The van der Waals surface area contributed by atoms with Gasteiger partial charge < -0.3 is 10.2 Å². The summed E-state index contributed by atoms with van der Waals surface area (Å²) in [5.41, 5.74) is 4.55. The van der Waals surface area contributed by atoms with E-state index in [1.54, 1.807) is 38.5 Å². The molecule has 44 heavy (non-hydrogen) atoms. The van der Waals surface area contributed by atoms with Crippen LogP contribution in [-0.4, -0.2) is 63.9 Å². The minimum atomic E-state index is -0.654. The maximum absolute atomic E-state index is 13.8. The van der Waals surface area contributed by atoms with Crippen LogP contribution in [0.5, 0.6) is 0 Å². The standard InChI is InChI=1S/C32H31BrN8O3/c1-17-11-26(32(44)36-28-6-4-5-27(33)35-28)41(18(17)2)30(43)16-39-25-10-9-21(12-23(25)31(38-39)19(3)42)22-14-34-29-13-24(20-7-8-20)37-40(29)15-22/h4-6,9-10,12-15,17-18,20,26H,7-8,11,16H2,1-3H3,(H,35,36,44)/t17-,18-,26+/m1/s1. The summed E-state index contributed by atoms with van der Waals surface area (Å²) in [5.74, 6) is 0.335. The van der Waals surface area contributed by atoms with Crippen LogP contribution in [-0.2, 0) is 16.1 Å². The predicted octanol–water partition coefficient (Wildman–Crippen LogP) is 5.25. The SMILES string of the molecule is CC(=O)c1nn(CC(=O)N2[C@H](C)[C@H](C)C[C@H]2C(=O)Nc2cccc(Br)n2)c2ccc(-c3cnc4cc(C5CC5)nn4c3)cc12. The molecule has 2 aliphatic rings. The molecule has 0 radical (unpaired) electrons. The number of pyridine rings is 1. The van der Waals surface area contributed by atoms with E-state index in [9.17, 15) is 14.4 Å². The summed E-state index contributed by atoms with van der Waals surface area (Å²) in [7, 11) is 0. The van der Waals surface area contributed by atoms with Crippen molar-refractivity contribution in [2.45, 2.75) is 64.6 Å². The smallest absolute Gasteiger partial charge is 0.248 e. The number of ketones is 1. The molecule has 1 N–H and O–H groups in total. The molecule has 5 heterocycles. The largest absolute Gasteiger partial charge is 0.326 e. The second kappa shape index (κ2) is 10.9. The lowest BCUT2D eigenvalue weighted by molar-refractivity contribution is -0.139. The Morgan fingerprint density at radius 1 is 1.05 bits per heavy atom. The van der Waals surface area contributed by atoms with E-state index in [4.69, 9.17) is 5.10 Å². The van der Waals surface area contributed by atoms with Crippen molar-refractivity contribution < 1.29 is 14.4 Å². The van der Waals surface area contributed by atoms with Crippen LogP contribution >= 0.6 is 15.9 Å². The lowest BCUT2D eigenvalue weighted by Crippen LogP contribution is -2.47. The van der Waals surface area contributed by atoms with Crippen LogP contribution in [0.1, 0.15) is 62.1 Å². The number of likely N-dealkylation sites (tertiary alicyclic amines) is 1. The first-order valence-corrected chi connectivity index (χ1v) is 15.6. The van der Waals surface area contributed by atoms with E-state index < -0.39 is 6.04 Å². The Hall–Kier alpha value is -4.45. The average molecular weight is 656 g/mol. The zero-order valence-corrected chi connectivity index (χ0v) is 26.2. The van der Waals surface area contributed by atoms with Gasteiger partial charge in [0.15, 0.2) is 11.4 Å². The topological polar surface area (TPSA) is 127 Å². The molecule has 3 atom stereocenters. The fourth-order valence-corrected chi connectivity index (χ4v) is 6.46. The average Bonchev–Trinajstić information content (AvgIpc) is 3.55. The van der Waals surface area contributed by atoms with Gasteiger partial charge in [-0.2, -0.15) is 10.2 Å². The minimum Gasteiger partial charge on any atom is -0.326 e. The van der Waals surface area contributed by atoms with Crippen LogP contribution in [0.3, 0.4) is 0 Å². The molecule has 2 fully saturated rings. The number of fused-ring (bicyclic) bond motifs is 2. The zero-order valence-electron chi connectivity index (χ0n) is 24.6. The molecule has 1 aliphatic carbocycles. The number of aromatic nitrogens is 6. The molecule has 4 aromatic heterocycles. The fourth-order valence-electron chi connectivity index (χ4n) is 6.11. The molecule has 12 heteroatoms. The second-order valence-electron chi connectivity index (χ2n) is 11.9. The second-order valence-corrected chi connectivity index (χ2v) is 12.7. The van der Waals surface area contributed by atoms with E-state index in [2.05, 4.69) is 36.3 Å². The molecule has 5 aromatic rings. The van der Waals surface area contributed by atoms with Gasteiger partial charge in [-0.3, -0.25) is 19.1 Å². The molecule has 11 nitrogen and oxygen atoms in total. The summed E-state index contributed by atoms with van der Waals surface area (Å²) in [5, 5.41) is 12.8. The van der Waals surface area contributed by atoms with Crippen molar-refractivity contribution in [1.29, 1.82) is 0 Å². The summed E-state index contributed by atoms with van der Waals surface area (Å²) in [6.07, 6.45) is 6.62. The number of rotatable bonds is 7. The van der Waals surface area contributed by atoms with E-state index in [1.807, 2.05) is 44.3 Å². The van der Waals surface area contributed by atoms with Crippen LogP contribution in [0, 0.1) is 5.92 Å². The molecule has 2 amide bonds. The third-order valence-electron chi connectivity index (χ3n) is 8.78. The van der Waals surface area contributed by atoms with Gasteiger partial charge in [0.05, 0.1) is 11.2 Å². The van der Waals surface area contributed by atoms with Gasteiger partial charge in [0.1, 0.15) is 28.7 Å². The molecule has 0 bridgehead atoms. The van der Waals surface area contributed by atoms with Crippen molar-refractivity contribution in [3.05, 3.63) is 70.8 Å². The normalized spacial score (nSPS) is 20.0. The molecule has 1 saturated heterocycles. The number of benzene rings is 1. The summed E-state index contributed by atoms with van der Waals surface area (Å²) >= 11 is 3.33. The first-order chi connectivity index (χ1) is 21.2. The third-order valence-corrected chi connectivity index (χ3v) is 9.22. The van der Waals surface area contributed by atoms with Crippen molar-refractivity contribution in [1.82, 2.24) is 34.3 Å². The highest BCUT2D eigenvalue weighted by molar-refractivity contribution is 9.10. The van der Waals surface area contributed by atoms with E-state index in [0.29, 0.717) is 33.7 Å². The molecule has 0 unspecified atom stereocenters. The summed E-state index contributed by atoms with van der Waals surface area (Å²) in [4.78, 5) is 50.4. The van der Waals surface area contributed by atoms with Crippen LogP contribution in [0.4, 0.5) is 5.82 Å². The van der Waals surface area contributed by atoms with Crippen molar-refractivity contribution in [2.75, 3.05) is 5.32 Å². The van der Waals surface area contributed by atoms with Gasteiger partial charge >= 0.3 is 0 Å². The fraction of sp³-hybridized carbons (Fsp3) is 0.344. The number of amides is 2. The lowest BCUT2D eigenvalue weighted by atomic mass is 10.0. The lowest BCUT2D eigenvalue weighted by Gasteiger charge is -2.28. The number of carbonyl (C=O) groups is 3. The first kappa shape index (κ1) is 28.3. The third kappa shape index (κ3) is 5.17. The van der Waals surface area contributed by atoms with Crippen LogP contribution in [0.25, 0.3) is 27.7 Å². The molecule has 1 aromatic carbocycles. The number of Topliss-reactive ketones (excluding diaryl/α,β-unsaturated/α-hetero) is 1. The minimum absolute atomic E-state index is 0.107. The van der Waals surface area contributed by atoms with E-state index in [0.717, 1.165) is 22.5 Å². The maximum atomic E-state index is 13.8. The summed E-state index contributed by atoms with van der Waals surface area (Å²) in [6.45, 7) is 5.36. The van der Waals surface area contributed by atoms with E-state index in [-0.39, 0.29) is 41.8 Å². The number of halogens is 1. The Balaban J connectivity index is 1.17. The van der Waals surface area contributed by atoms with Crippen LogP contribution in [0.2, 0.25) is 0 Å². The van der Waals surface area contributed by atoms with Crippen LogP contribution < -0.4 is 5.32 Å². The highest BCUT2D eigenvalue weighted by Gasteiger charge is 2.43. The molecule has 224 valence electrons. The molecular weight excluding hydrogens is 624 g/mol. The van der Waals surface area contributed by atoms with Crippen molar-refractivity contribution in [2.24, 2.45) is 5.92 Å². The van der Waals surface area contributed by atoms with Gasteiger partial charge in [0.2, 0.25) is 11.8 Å². The Kier molecular flexibility index (Phi) is 7.03. The highest BCUT2D eigenvalue weighted by atomic mass is 79.9. The van der Waals surface area contributed by atoms with E-state index >= 15 is 0 Å². The molecule has 7 rings (SSSR count). The summed E-state index contributed by atoms with van der Waals surface area (Å²) < 4.78 is 3.97. The number of anilines is 1. The molecule has 1 aliphatic heterocycles. The molecule has 1 saturated carbocycles. The maximum Gasteiger partial charge on any atom is 0.248 e. The molecular formula is C32H31BrN8O3. The van der Waals surface area contributed by atoms with Gasteiger partial charge in [0.25, 0.3) is 0 Å². The number of hydrogen-bond acceptors (Lipinski definition) is 7. The zero-order chi connectivity index (χ0) is 30.7. The Morgan fingerprint density at radius 3 is 2.61 bits per heavy atom. The number of hydrogen-bond donors (Lipinski definition) is 1. The predicted molar refractivity (Wildman–Crippen MR) is 168 cm³/mol. The quantitative estimate of drug-likeness (QED) is 0.188. The first-order valence-electron chi connectivity index (χ1n) is 14.8.